The number of hydrogen-bond acceptors (Lipinski definition) is 3. The van der Waals surface area contributed by atoms with Crippen molar-refractivity contribution < 1.29 is 9.90 Å². The van der Waals surface area contributed by atoms with E-state index in [2.05, 4.69) is 5.32 Å². The molecule has 1 aromatic rings. The molecule has 0 aromatic heterocycles. The summed E-state index contributed by atoms with van der Waals surface area (Å²) in [5.74, 6) is 0.0873. The van der Waals surface area contributed by atoms with Crippen molar-refractivity contribution in [2.75, 3.05) is 12.3 Å². The molecular weight excluding hydrogens is 228 g/mol. The zero-order valence-corrected chi connectivity index (χ0v) is 10.4. The average Bonchev–Trinajstić information content (AvgIpc) is 2.38. The van der Waals surface area contributed by atoms with Gasteiger partial charge < -0.3 is 16.2 Å². The van der Waals surface area contributed by atoms with Gasteiger partial charge in [0.1, 0.15) is 0 Å². The summed E-state index contributed by atoms with van der Waals surface area (Å²) in [6.45, 7) is 0.546. The van der Waals surface area contributed by atoms with Crippen molar-refractivity contribution in [3.63, 3.8) is 0 Å². The fourth-order valence-corrected chi connectivity index (χ4v) is 2.39. The lowest BCUT2D eigenvalue weighted by Crippen LogP contribution is -2.36. The smallest absolute Gasteiger partial charge is 0.251 e. The largest absolute Gasteiger partial charge is 0.399 e. The number of anilines is 1. The van der Waals surface area contributed by atoms with Crippen molar-refractivity contribution in [1.82, 2.24) is 5.32 Å². The summed E-state index contributed by atoms with van der Waals surface area (Å²) in [5.41, 5.74) is 6.82. The van der Waals surface area contributed by atoms with Gasteiger partial charge in [-0.15, -0.1) is 0 Å². The molecule has 0 saturated heterocycles. The molecule has 2 unspecified atom stereocenters. The summed E-state index contributed by atoms with van der Waals surface area (Å²) in [6, 6.07) is 6.85. The van der Waals surface area contributed by atoms with Gasteiger partial charge in [-0.05, 0) is 37.1 Å². The van der Waals surface area contributed by atoms with Gasteiger partial charge in [0.15, 0.2) is 0 Å². The van der Waals surface area contributed by atoms with Gasteiger partial charge in [-0.2, -0.15) is 0 Å². The number of aliphatic hydroxyl groups is 1. The van der Waals surface area contributed by atoms with Crippen LogP contribution >= 0.6 is 0 Å². The Morgan fingerprint density at radius 3 is 2.61 bits per heavy atom. The molecule has 1 aliphatic rings. The SMILES string of the molecule is Nc1ccc(C(=O)NCC2CCCCC2O)cc1. The van der Waals surface area contributed by atoms with Crippen molar-refractivity contribution in [3.05, 3.63) is 29.8 Å². The summed E-state index contributed by atoms with van der Waals surface area (Å²) >= 11 is 0. The van der Waals surface area contributed by atoms with E-state index in [0.29, 0.717) is 17.8 Å². The normalized spacial score (nSPS) is 23.6. The molecule has 1 fully saturated rings. The van der Waals surface area contributed by atoms with E-state index in [1.807, 2.05) is 0 Å². The van der Waals surface area contributed by atoms with Crippen LogP contribution in [0.4, 0.5) is 5.69 Å². The molecule has 1 aliphatic carbocycles. The van der Waals surface area contributed by atoms with E-state index in [4.69, 9.17) is 5.73 Å². The molecular formula is C14H20N2O2. The molecule has 4 nitrogen and oxygen atoms in total. The molecule has 18 heavy (non-hydrogen) atoms. The molecule has 0 heterocycles. The molecule has 2 rings (SSSR count). The number of amides is 1. The Hall–Kier alpha value is -1.55. The molecule has 1 aromatic carbocycles. The Kier molecular flexibility index (Phi) is 4.20. The van der Waals surface area contributed by atoms with Crippen LogP contribution in [0.2, 0.25) is 0 Å². The molecule has 98 valence electrons. The summed E-state index contributed by atoms with van der Waals surface area (Å²) in [6.07, 6.45) is 3.79. The Labute approximate surface area is 107 Å². The highest BCUT2D eigenvalue weighted by molar-refractivity contribution is 5.94. The first kappa shape index (κ1) is 12.9. The zero-order chi connectivity index (χ0) is 13.0. The van der Waals surface area contributed by atoms with Crippen LogP contribution in [-0.4, -0.2) is 23.7 Å². The van der Waals surface area contributed by atoms with E-state index < -0.39 is 0 Å². The number of rotatable bonds is 3. The maximum Gasteiger partial charge on any atom is 0.251 e. The molecule has 0 bridgehead atoms. The van der Waals surface area contributed by atoms with Crippen LogP contribution < -0.4 is 11.1 Å². The number of nitrogens with one attached hydrogen (secondary N) is 1. The van der Waals surface area contributed by atoms with E-state index in [0.717, 1.165) is 25.7 Å². The van der Waals surface area contributed by atoms with Crippen LogP contribution in [0.25, 0.3) is 0 Å². The maximum absolute atomic E-state index is 11.9. The Bertz CT molecular complexity index is 403. The summed E-state index contributed by atoms with van der Waals surface area (Å²) in [4.78, 5) is 11.9. The number of aliphatic hydroxyl groups excluding tert-OH is 1. The van der Waals surface area contributed by atoms with E-state index >= 15 is 0 Å². The first-order chi connectivity index (χ1) is 8.66. The number of hydrogen-bond donors (Lipinski definition) is 3. The number of carbonyl (C=O) groups is 1. The number of nitrogen functional groups attached to an aromatic ring is 1. The van der Waals surface area contributed by atoms with E-state index in [-0.39, 0.29) is 17.9 Å². The monoisotopic (exact) mass is 248 g/mol. The maximum atomic E-state index is 11.9. The lowest BCUT2D eigenvalue weighted by Gasteiger charge is -2.27. The zero-order valence-electron chi connectivity index (χ0n) is 10.4. The molecule has 2 atom stereocenters. The molecule has 1 amide bonds. The predicted molar refractivity (Wildman–Crippen MR) is 71.2 cm³/mol. The Morgan fingerprint density at radius 2 is 1.94 bits per heavy atom. The summed E-state index contributed by atoms with van der Waals surface area (Å²) < 4.78 is 0. The predicted octanol–water partition coefficient (Wildman–Crippen LogP) is 1.55. The fraction of sp³-hybridized carbons (Fsp3) is 0.500. The minimum atomic E-state index is -0.273. The molecule has 4 heteroatoms. The van der Waals surface area contributed by atoms with Crippen LogP contribution in [0.15, 0.2) is 24.3 Å². The van der Waals surface area contributed by atoms with Crippen LogP contribution in [-0.2, 0) is 0 Å². The van der Waals surface area contributed by atoms with Gasteiger partial charge in [-0.25, -0.2) is 0 Å². The summed E-state index contributed by atoms with van der Waals surface area (Å²) in [5, 5.41) is 12.7. The lowest BCUT2D eigenvalue weighted by atomic mass is 9.86. The third-order valence-electron chi connectivity index (χ3n) is 3.57. The topological polar surface area (TPSA) is 75.4 Å². The second-order valence-corrected chi connectivity index (χ2v) is 4.94. The molecule has 0 aliphatic heterocycles. The molecule has 4 N–H and O–H groups in total. The van der Waals surface area contributed by atoms with Gasteiger partial charge in [0.25, 0.3) is 5.91 Å². The van der Waals surface area contributed by atoms with Crippen molar-refractivity contribution in [2.45, 2.75) is 31.8 Å². The minimum absolute atomic E-state index is 0.104. The average molecular weight is 248 g/mol. The summed E-state index contributed by atoms with van der Waals surface area (Å²) in [7, 11) is 0. The van der Waals surface area contributed by atoms with E-state index in [1.54, 1.807) is 24.3 Å². The number of carbonyl (C=O) groups excluding carboxylic acids is 1. The third-order valence-corrected chi connectivity index (χ3v) is 3.57. The highest BCUT2D eigenvalue weighted by atomic mass is 16.3. The van der Waals surface area contributed by atoms with Gasteiger partial charge in [0.05, 0.1) is 6.10 Å². The van der Waals surface area contributed by atoms with Gasteiger partial charge in [-0.1, -0.05) is 12.8 Å². The first-order valence-electron chi connectivity index (χ1n) is 6.48. The lowest BCUT2D eigenvalue weighted by molar-refractivity contribution is 0.0663. The third kappa shape index (κ3) is 3.23. The van der Waals surface area contributed by atoms with Crippen molar-refractivity contribution in [3.8, 4) is 0 Å². The fourth-order valence-electron chi connectivity index (χ4n) is 2.39. The highest BCUT2D eigenvalue weighted by Gasteiger charge is 2.23. The Balaban J connectivity index is 1.86. The van der Waals surface area contributed by atoms with Crippen molar-refractivity contribution >= 4 is 11.6 Å². The van der Waals surface area contributed by atoms with Gasteiger partial charge >= 0.3 is 0 Å². The second kappa shape index (κ2) is 5.87. The van der Waals surface area contributed by atoms with Crippen molar-refractivity contribution in [1.29, 1.82) is 0 Å². The Morgan fingerprint density at radius 1 is 1.28 bits per heavy atom. The quantitative estimate of drug-likeness (QED) is 0.710. The van der Waals surface area contributed by atoms with Crippen LogP contribution in [0.5, 0.6) is 0 Å². The second-order valence-electron chi connectivity index (χ2n) is 4.94. The van der Waals surface area contributed by atoms with E-state index in [9.17, 15) is 9.90 Å². The minimum Gasteiger partial charge on any atom is -0.399 e. The number of nitrogens with two attached hydrogens (primary N) is 1. The van der Waals surface area contributed by atoms with Crippen LogP contribution in [0, 0.1) is 5.92 Å². The molecule has 0 spiro atoms. The van der Waals surface area contributed by atoms with Gasteiger partial charge in [-0.3, -0.25) is 4.79 Å². The standard InChI is InChI=1S/C14H20N2O2/c15-12-7-5-10(6-8-12)14(18)16-9-11-3-1-2-4-13(11)17/h5-8,11,13,17H,1-4,9,15H2,(H,16,18). The van der Waals surface area contributed by atoms with E-state index in [1.165, 1.54) is 0 Å². The van der Waals surface area contributed by atoms with Gasteiger partial charge in [0, 0.05) is 23.7 Å². The van der Waals surface area contributed by atoms with Crippen LogP contribution in [0.3, 0.4) is 0 Å². The van der Waals surface area contributed by atoms with Crippen molar-refractivity contribution in [2.24, 2.45) is 5.92 Å². The molecule has 0 radical (unpaired) electrons. The van der Waals surface area contributed by atoms with Gasteiger partial charge in [0.2, 0.25) is 0 Å². The van der Waals surface area contributed by atoms with Crippen LogP contribution in [0.1, 0.15) is 36.0 Å². The highest BCUT2D eigenvalue weighted by Crippen LogP contribution is 2.23. The molecule has 1 saturated carbocycles. The number of benzene rings is 1. The first-order valence-corrected chi connectivity index (χ1v) is 6.48.